The number of hydrogen-bond donors (Lipinski definition) is 0. The Balaban J connectivity index is 1.70. The molecule has 6 heteroatoms. The van der Waals surface area contributed by atoms with Crippen molar-refractivity contribution in [2.45, 2.75) is 157 Å². The van der Waals surface area contributed by atoms with Crippen LogP contribution in [0.3, 0.4) is 0 Å². The number of hydrogen-bond acceptors (Lipinski definition) is 6. The lowest BCUT2D eigenvalue weighted by Gasteiger charge is -2.20. The molecule has 60 heavy (non-hydrogen) atoms. The molecule has 314 valence electrons. The van der Waals surface area contributed by atoms with Crippen LogP contribution in [-0.4, -0.2) is 0 Å². The molecule has 0 spiro atoms. The van der Waals surface area contributed by atoms with Gasteiger partial charge in [0.15, 0.2) is 0 Å². The van der Waals surface area contributed by atoms with Crippen molar-refractivity contribution in [3.05, 3.63) is 77.8 Å². The first-order chi connectivity index (χ1) is 27.5. The molecule has 9 aromatic rings. The standard InChI is InChI=1S/C54H62S6/c1-49(2,3)33-21-19-31(55-33)39-41-43(47-29(25-37(59-47)53(13,14)15)27-23-35(51(7,8)9)57-45(27)41)40(32-20-22-34(56-32)50(4,5)6)44-42(39)46-28(24-36(58-46)52(10,11)12)30-26-38(54(16,17)18)60-48(30)44/h19-26H,1-18H3. The Morgan fingerprint density at radius 2 is 0.483 bits per heavy atom. The Hall–Kier alpha value is -2.58. The van der Waals surface area contributed by atoms with Gasteiger partial charge in [0.1, 0.15) is 0 Å². The molecular formula is C54H62S6. The SMILES string of the molecule is CC(C)(C)c1ccc(-c2c3c4sc(C(C)(C)C)cc4c4cc(C(C)(C)C)sc4c3c(-c3ccc(C(C)(C)C)s3)c3c4sc(C(C)(C)C)cc4c4cc(C(C)(C)C)sc4c23)s1. The molecule has 0 amide bonds. The molecule has 0 unspecified atom stereocenters. The average Bonchev–Trinajstić information content (AvgIpc) is 3.94. The van der Waals surface area contributed by atoms with Crippen LogP contribution in [0.15, 0.2) is 48.5 Å². The third-order valence-corrected chi connectivity index (χ3v) is 21.4. The number of thiophene rings is 6. The predicted octanol–water partition coefficient (Wildman–Crippen LogP) is 20.1. The summed E-state index contributed by atoms with van der Waals surface area (Å²) in [7, 11) is 0. The lowest BCUT2D eigenvalue weighted by atomic mass is 9.86. The van der Waals surface area contributed by atoms with Crippen LogP contribution in [0.2, 0.25) is 0 Å². The van der Waals surface area contributed by atoms with Gasteiger partial charge in [0, 0.05) is 112 Å². The highest BCUT2D eigenvalue weighted by Crippen LogP contribution is 2.60. The molecule has 6 aromatic heterocycles. The molecule has 0 fully saturated rings. The summed E-state index contributed by atoms with van der Waals surface area (Å²) in [6.45, 7) is 43.0. The summed E-state index contributed by atoms with van der Waals surface area (Å²) in [5, 5.41) is 11.5. The van der Waals surface area contributed by atoms with Crippen LogP contribution in [0.4, 0.5) is 0 Å². The van der Waals surface area contributed by atoms with Crippen molar-refractivity contribution in [1.82, 2.24) is 0 Å². The van der Waals surface area contributed by atoms with Gasteiger partial charge >= 0.3 is 0 Å². The van der Waals surface area contributed by atoms with Gasteiger partial charge in [-0.3, -0.25) is 0 Å². The van der Waals surface area contributed by atoms with Crippen LogP contribution in [0.5, 0.6) is 0 Å². The number of rotatable bonds is 2. The molecular weight excluding hydrogens is 841 g/mol. The highest BCUT2D eigenvalue weighted by Gasteiger charge is 2.33. The van der Waals surface area contributed by atoms with Gasteiger partial charge in [-0.05, 0) is 81.0 Å². The van der Waals surface area contributed by atoms with Crippen LogP contribution in [0.1, 0.15) is 154 Å². The Bertz CT molecular complexity index is 2800. The second-order valence-electron chi connectivity index (χ2n) is 23.5. The van der Waals surface area contributed by atoms with Crippen LogP contribution in [0, 0.1) is 0 Å². The van der Waals surface area contributed by atoms with Gasteiger partial charge in [-0.1, -0.05) is 125 Å². The first-order valence-corrected chi connectivity index (χ1v) is 26.5. The van der Waals surface area contributed by atoms with Gasteiger partial charge < -0.3 is 0 Å². The maximum Gasteiger partial charge on any atom is 0.0438 e. The minimum Gasteiger partial charge on any atom is -0.140 e. The van der Waals surface area contributed by atoms with Crippen molar-refractivity contribution < 1.29 is 0 Å². The van der Waals surface area contributed by atoms with Gasteiger partial charge in [-0.2, -0.15) is 0 Å². The fourth-order valence-electron chi connectivity index (χ4n) is 8.49. The Labute approximate surface area is 382 Å². The third kappa shape index (κ3) is 6.79. The third-order valence-electron chi connectivity index (χ3n) is 12.1. The Morgan fingerprint density at radius 1 is 0.267 bits per heavy atom. The summed E-state index contributed by atoms with van der Waals surface area (Å²) in [5.41, 5.74) is 3.09. The lowest BCUT2D eigenvalue weighted by molar-refractivity contribution is 0.603. The van der Waals surface area contributed by atoms with E-state index >= 15 is 0 Å². The normalized spacial score (nSPS) is 14.2. The van der Waals surface area contributed by atoms with Gasteiger partial charge in [0.25, 0.3) is 0 Å². The number of benzene rings is 3. The van der Waals surface area contributed by atoms with Gasteiger partial charge in [-0.25, -0.2) is 0 Å². The van der Waals surface area contributed by atoms with E-state index in [0.717, 1.165) is 0 Å². The molecule has 0 bridgehead atoms. The van der Waals surface area contributed by atoms with Crippen molar-refractivity contribution in [3.8, 4) is 20.9 Å². The summed E-state index contributed by atoms with van der Waals surface area (Å²) in [5.74, 6) is 0. The molecule has 0 atom stereocenters. The van der Waals surface area contributed by atoms with E-state index in [1.165, 1.54) is 112 Å². The van der Waals surface area contributed by atoms with E-state index in [4.69, 9.17) is 0 Å². The maximum atomic E-state index is 2.57. The molecule has 0 aliphatic rings. The Morgan fingerprint density at radius 3 is 0.667 bits per heavy atom. The van der Waals surface area contributed by atoms with Crippen LogP contribution < -0.4 is 0 Å². The van der Waals surface area contributed by atoms with Gasteiger partial charge in [0.05, 0.1) is 0 Å². The highest BCUT2D eigenvalue weighted by atomic mass is 32.1. The fourth-order valence-corrected chi connectivity index (χ4v) is 15.9. The first kappa shape index (κ1) is 42.7. The summed E-state index contributed by atoms with van der Waals surface area (Å²) in [6, 6.07) is 20.1. The number of fused-ring (bicyclic) bond motifs is 12. The average molecular weight is 903 g/mol. The fraction of sp³-hybridized carbons (Fsp3) is 0.444. The molecule has 0 radical (unpaired) electrons. The molecule has 9 rings (SSSR count). The van der Waals surface area contributed by atoms with E-state index in [0.29, 0.717) is 0 Å². The van der Waals surface area contributed by atoms with Crippen LogP contribution >= 0.6 is 68.0 Å². The van der Waals surface area contributed by atoms with Crippen molar-refractivity contribution in [1.29, 1.82) is 0 Å². The zero-order valence-electron chi connectivity index (χ0n) is 39.1. The summed E-state index contributed by atoms with van der Waals surface area (Å²) in [4.78, 5) is 11.5. The van der Waals surface area contributed by atoms with Crippen molar-refractivity contribution in [3.63, 3.8) is 0 Å². The predicted molar refractivity (Wildman–Crippen MR) is 282 cm³/mol. The molecule has 0 N–H and O–H groups in total. The monoisotopic (exact) mass is 902 g/mol. The van der Waals surface area contributed by atoms with E-state index in [-0.39, 0.29) is 32.5 Å². The maximum absolute atomic E-state index is 2.57. The van der Waals surface area contributed by atoms with Gasteiger partial charge in [-0.15, -0.1) is 68.0 Å². The summed E-state index contributed by atoms with van der Waals surface area (Å²) in [6.07, 6.45) is 0. The topological polar surface area (TPSA) is 0 Å². The zero-order chi connectivity index (χ0) is 43.6. The van der Waals surface area contributed by atoms with Crippen molar-refractivity contribution >= 4 is 130 Å². The van der Waals surface area contributed by atoms with E-state index in [1.54, 1.807) is 0 Å². The zero-order valence-corrected chi connectivity index (χ0v) is 44.0. The second-order valence-corrected chi connectivity index (χ2v) is 29.9. The Kier molecular flexibility index (Phi) is 9.59. The highest BCUT2D eigenvalue weighted by molar-refractivity contribution is 7.25. The lowest BCUT2D eigenvalue weighted by Crippen LogP contribution is -2.08. The van der Waals surface area contributed by atoms with Gasteiger partial charge in [0.2, 0.25) is 0 Å². The van der Waals surface area contributed by atoms with Crippen molar-refractivity contribution in [2.24, 2.45) is 0 Å². The molecule has 0 aliphatic carbocycles. The molecule has 6 heterocycles. The van der Waals surface area contributed by atoms with E-state index < -0.39 is 0 Å². The van der Waals surface area contributed by atoms with Crippen LogP contribution in [-0.2, 0) is 32.5 Å². The first-order valence-electron chi connectivity index (χ1n) is 21.6. The minimum absolute atomic E-state index is 0.0257. The summed E-state index contributed by atoms with van der Waals surface area (Å²) < 4.78 is 5.78. The van der Waals surface area contributed by atoms with Crippen molar-refractivity contribution in [2.75, 3.05) is 0 Å². The molecule has 3 aromatic carbocycles. The minimum atomic E-state index is 0.0257. The smallest absolute Gasteiger partial charge is 0.0438 e. The second kappa shape index (κ2) is 13.5. The van der Waals surface area contributed by atoms with Crippen LogP contribution in [0.25, 0.3) is 82.8 Å². The van der Waals surface area contributed by atoms with E-state index in [1.807, 2.05) is 22.7 Å². The summed E-state index contributed by atoms with van der Waals surface area (Å²) >= 11 is 12.3. The molecule has 0 aliphatic heterocycles. The van der Waals surface area contributed by atoms with E-state index in [9.17, 15) is 0 Å². The molecule has 0 saturated heterocycles. The molecule has 0 nitrogen and oxygen atoms in total. The quantitative estimate of drug-likeness (QED) is 0.152. The molecule has 0 saturated carbocycles. The van der Waals surface area contributed by atoms with E-state index in [2.05, 4.69) is 219 Å². The largest absolute Gasteiger partial charge is 0.140 e.